The Morgan fingerprint density at radius 1 is 0.705 bits per heavy atom. The highest BCUT2D eigenvalue weighted by atomic mass is 16.2. The van der Waals surface area contributed by atoms with Crippen molar-refractivity contribution in [3.8, 4) is 0 Å². The molecule has 3 amide bonds. The van der Waals surface area contributed by atoms with E-state index in [1.807, 2.05) is 0 Å². The van der Waals surface area contributed by atoms with Crippen molar-refractivity contribution >= 4 is 34.9 Å². The number of ketones is 1. The van der Waals surface area contributed by atoms with Gasteiger partial charge in [-0.2, -0.15) is 0 Å². The van der Waals surface area contributed by atoms with Crippen LogP contribution in [0, 0.1) is 0 Å². The zero-order chi connectivity index (χ0) is 30.8. The molecule has 4 aliphatic heterocycles. The minimum Gasteiger partial charge on any atom is -0.351 e. The van der Waals surface area contributed by atoms with Gasteiger partial charge in [0.25, 0.3) is 17.7 Å². The highest BCUT2D eigenvalue weighted by molar-refractivity contribution is 6.30. The number of nitrogens with zero attached hydrogens (tertiary/aromatic N) is 4. The number of fused-ring (bicyclic) bond motifs is 1. The van der Waals surface area contributed by atoms with Crippen LogP contribution in [0.3, 0.4) is 0 Å². The molecule has 0 atom stereocenters. The van der Waals surface area contributed by atoms with Crippen LogP contribution in [0.15, 0.2) is 59.7 Å². The van der Waals surface area contributed by atoms with Crippen LogP contribution in [0.25, 0.3) is 11.4 Å². The number of carbonyl (C=O) groups is 4. The maximum atomic E-state index is 13.2. The Morgan fingerprint density at radius 2 is 1.20 bits per heavy atom. The predicted octanol–water partition coefficient (Wildman–Crippen LogP) is 0.476. The Labute approximate surface area is 257 Å². The maximum absolute atomic E-state index is 13.2. The van der Waals surface area contributed by atoms with E-state index in [4.69, 9.17) is 0 Å². The summed E-state index contributed by atoms with van der Waals surface area (Å²) in [5, 5.41) is 8.71. The summed E-state index contributed by atoms with van der Waals surface area (Å²) < 4.78 is 0. The van der Waals surface area contributed by atoms with Gasteiger partial charge < -0.3 is 25.8 Å². The molecule has 4 aliphatic rings. The van der Waals surface area contributed by atoms with Crippen molar-refractivity contribution in [2.45, 2.75) is 0 Å². The summed E-state index contributed by atoms with van der Waals surface area (Å²) >= 11 is 0. The number of benzene rings is 2. The van der Waals surface area contributed by atoms with Gasteiger partial charge in [-0.1, -0.05) is 30.3 Å². The molecule has 0 aromatic heterocycles. The molecule has 3 N–H and O–H groups in total. The van der Waals surface area contributed by atoms with Gasteiger partial charge in [0.15, 0.2) is 5.78 Å². The first-order valence-corrected chi connectivity index (χ1v) is 15.2. The van der Waals surface area contributed by atoms with Gasteiger partial charge in [0, 0.05) is 76.6 Å². The van der Waals surface area contributed by atoms with Gasteiger partial charge in [-0.05, 0) is 43.4 Å². The molecule has 0 bridgehead atoms. The molecule has 11 nitrogen and oxygen atoms in total. The van der Waals surface area contributed by atoms with Crippen molar-refractivity contribution in [1.29, 1.82) is 0 Å². The van der Waals surface area contributed by atoms with Crippen LogP contribution in [0.1, 0.15) is 31.8 Å². The molecule has 44 heavy (non-hydrogen) atoms. The van der Waals surface area contributed by atoms with Gasteiger partial charge in [0.2, 0.25) is 0 Å². The van der Waals surface area contributed by atoms with Crippen LogP contribution in [0.2, 0.25) is 0 Å². The van der Waals surface area contributed by atoms with E-state index in [0.29, 0.717) is 46.7 Å². The molecule has 0 radical (unpaired) electrons. The summed E-state index contributed by atoms with van der Waals surface area (Å²) in [6.07, 6.45) is 0. The lowest BCUT2D eigenvalue weighted by molar-refractivity contribution is -0.117. The third kappa shape index (κ3) is 6.36. The molecule has 4 heterocycles. The second kappa shape index (κ2) is 12.8. The highest BCUT2D eigenvalue weighted by Crippen LogP contribution is 2.37. The van der Waals surface area contributed by atoms with Crippen molar-refractivity contribution in [1.82, 2.24) is 35.6 Å². The molecule has 0 saturated carbocycles. The van der Waals surface area contributed by atoms with E-state index >= 15 is 0 Å². The van der Waals surface area contributed by atoms with Gasteiger partial charge >= 0.3 is 0 Å². The number of hydrogen-bond donors (Lipinski definition) is 3. The first kappa shape index (κ1) is 29.9. The summed E-state index contributed by atoms with van der Waals surface area (Å²) in [4.78, 5) is 61.6. The van der Waals surface area contributed by atoms with Crippen LogP contribution in [0.4, 0.5) is 0 Å². The zero-order valence-electron chi connectivity index (χ0n) is 25.3. The van der Waals surface area contributed by atoms with Crippen molar-refractivity contribution in [3.05, 3.63) is 81.9 Å². The van der Waals surface area contributed by atoms with Crippen LogP contribution < -0.4 is 16.0 Å². The van der Waals surface area contributed by atoms with Crippen molar-refractivity contribution < 1.29 is 19.2 Å². The first-order valence-electron chi connectivity index (χ1n) is 15.2. The molecule has 230 valence electrons. The number of rotatable bonds is 9. The Morgan fingerprint density at radius 3 is 1.77 bits per heavy atom. The monoisotopic (exact) mass is 597 g/mol. The number of hydrogen-bond acceptors (Lipinski definition) is 8. The second-order valence-corrected chi connectivity index (χ2v) is 12.0. The summed E-state index contributed by atoms with van der Waals surface area (Å²) in [6.45, 7) is 9.16. The quantitative estimate of drug-likeness (QED) is 0.358. The maximum Gasteiger partial charge on any atom is 0.258 e. The molecule has 2 aromatic rings. The van der Waals surface area contributed by atoms with Crippen molar-refractivity contribution in [2.24, 2.45) is 0 Å². The molecular formula is C33H39N7O4. The van der Waals surface area contributed by atoms with Crippen LogP contribution >= 0.6 is 0 Å². The average molecular weight is 598 g/mol. The molecule has 6 rings (SSSR count). The third-order valence-corrected chi connectivity index (χ3v) is 8.84. The van der Waals surface area contributed by atoms with E-state index in [-0.39, 0.29) is 22.8 Å². The summed E-state index contributed by atoms with van der Waals surface area (Å²) in [7, 11) is 4.19. The zero-order valence-corrected chi connectivity index (χ0v) is 25.3. The molecule has 0 unspecified atom stereocenters. The van der Waals surface area contributed by atoms with Gasteiger partial charge in [-0.15, -0.1) is 0 Å². The van der Waals surface area contributed by atoms with Gasteiger partial charge in [0.1, 0.15) is 0 Å². The van der Waals surface area contributed by atoms with E-state index in [1.54, 1.807) is 48.5 Å². The fourth-order valence-corrected chi connectivity index (χ4v) is 6.08. The molecule has 0 spiro atoms. The van der Waals surface area contributed by atoms with E-state index in [0.717, 1.165) is 58.9 Å². The van der Waals surface area contributed by atoms with Crippen molar-refractivity contribution in [2.75, 3.05) is 86.1 Å². The molecule has 11 heteroatoms. The number of likely N-dealkylation sites (N-methyl/N-ethyl adjacent to an activating group) is 2. The summed E-state index contributed by atoms with van der Waals surface area (Å²) in [6, 6.07) is 14.0. The van der Waals surface area contributed by atoms with E-state index in [9.17, 15) is 19.2 Å². The van der Waals surface area contributed by atoms with Crippen LogP contribution in [0.5, 0.6) is 0 Å². The molecule has 2 aromatic carbocycles. The Balaban J connectivity index is 1.18. The van der Waals surface area contributed by atoms with E-state index in [1.165, 1.54) is 0 Å². The second-order valence-electron chi connectivity index (χ2n) is 12.0. The summed E-state index contributed by atoms with van der Waals surface area (Å²) in [5.74, 6) is -1.02. The SMILES string of the molecule is CN1CCN(CCNC(=O)c2cccc(C3=C4C(=O)NC(c5cccc(C(=O)CN6CCN(C)CC6)c5)=C4C(=O)N3)c2)CC1. The van der Waals surface area contributed by atoms with E-state index < -0.39 is 11.8 Å². The normalized spacial score (nSPS) is 20.1. The average Bonchev–Trinajstić information content (AvgIpc) is 3.57. The Hall–Kier alpha value is -4.16. The highest BCUT2D eigenvalue weighted by Gasteiger charge is 2.41. The molecule has 0 aliphatic carbocycles. The van der Waals surface area contributed by atoms with Crippen LogP contribution in [-0.2, 0) is 9.59 Å². The number of carbonyl (C=O) groups excluding carboxylic acids is 4. The first-order chi connectivity index (χ1) is 21.3. The lowest BCUT2D eigenvalue weighted by Gasteiger charge is -2.32. The van der Waals surface area contributed by atoms with Crippen molar-refractivity contribution in [3.63, 3.8) is 0 Å². The number of amides is 3. The summed E-state index contributed by atoms with van der Waals surface area (Å²) in [5.41, 5.74) is 3.39. The fraction of sp³-hybridized carbons (Fsp3) is 0.394. The Kier molecular flexibility index (Phi) is 8.72. The number of Topliss-reactive ketones (excluding diaryl/α,β-unsaturated/α-hetero) is 1. The number of nitrogens with one attached hydrogen (secondary N) is 3. The van der Waals surface area contributed by atoms with Gasteiger partial charge in [-0.25, -0.2) is 0 Å². The Bertz CT molecular complexity index is 1550. The number of piperazine rings is 2. The smallest absolute Gasteiger partial charge is 0.258 e. The minimum atomic E-state index is -0.403. The van der Waals surface area contributed by atoms with Gasteiger partial charge in [0.05, 0.1) is 29.1 Å². The minimum absolute atomic E-state index is 0.00252. The third-order valence-electron chi connectivity index (χ3n) is 8.84. The lowest BCUT2D eigenvalue weighted by atomic mass is 9.99. The van der Waals surface area contributed by atoms with Gasteiger partial charge in [-0.3, -0.25) is 29.0 Å². The largest absolute Gasteiger partial charge is 0.351 e. The lowest BCUT2D eigenvalue weighted by Crippen LogP contribution is -2.46. The molecule has 2 saturated heterocycles. The van der Waals surface area contributed by atoms with E-state index in [2.05, 4.69) is 49.6 Å². The van der Waals surface area contributed by atoms with Crippen LogP contribution in [-0.4, -0.2) is 129 Å². The molecular weight excluding hydrogens is 558 g/mol. The standard InChI is InChI=1S/C33H39N7O4/c1-37-11-15-39(16-12-37)10-9-34-31(42)25-8-4-7-24(20-25)30-28-27(32(43)36-30)29(35-33(28)44)23-6-3-5-22(19-23)26(41)21-40-17-13-38(2)14-18-40/h3-8,19-20H,9-18,21H2,1-2H3,(H,34,42)(H,35,44)(H,36,43). The molecule has 2 fully saturated rings. The fourth-order valence-electron chi connectivity index (χ4n) is 6.08. The predicted molar refractivity (Wildman–Crippen MR) is 168 cm³/mol. The topological polar surface area (TPSA) is 117 Å².